The van der Waals surface area contributed by atoms with Gasteiger partial charge in [-0.1, -0.05) is 12.1 Å². The molecule has 1 heterocycles. The van der Waals surface area contributed by atoms with E-state index in [1.807, 2.05) is 12.1 Å². The van der Waals surface area contributed by atoms with Crippen LogP contribution in [0.3, 0.4) is 0 Å². The molecular weight excluding hydrogens is 334 g/mol. The number of benzene rings is 1. The number of aromatic amines is 1. The number of para-hydroxylation sites is 1. The molecule has 0 radical (unpaired) electrons. The largest absolute Gasteiger partial charge is 0.493 e. The zero-order chi connectivity index (χ0) is 19.3. The third-order valence-electron chi connectivity index (χ3n) is 4.01. The van der Waals surface area contributed by atoms with Gasteiger partial charge in [0.1, 0.15) is 5.69 Å². The summed E-state index contributed by atoms with van der Waals surface area (Å²) in [5.74, 6) is 0.455. The van der Waals surface area contributed by atoms with Gasteiger partial charge in [0.15, 0.2) is 17.3 Å². The van der Waals surface area contributed by atoms with Gasteiger partial charge in [-0.15, -0.1) is 0 Å². The first-order chi connectivity index (χ1) is 12.4. The number of nitrogens with one attached hydrogen (secondary N) is 1. The summed E-state index contributed by atoms with van der Waals surface area (Å²) in [6, 6.07) is 5.42. The maximum Gasteiger partial charge on any atom is 0.355 e. The van der Waals surface area contributed by atoms with Crippen molar-refractivity contribution in [1.29, 1.82) is 0 Å². The number of hydrogen-bond acceptors (Lipinski definition) is 5. The number of H-pyrrole nitrogens is 1. The van der Waals surface area contributed by atoms with E-state index >= 15 is 0 Å². The highest BCUT2D eigenvalue weighted by molar-refractivity contribution is 6.10. The predicted octanol–water partition coefficient (Wildman–Crippen LogP) is 3.72. The summed E-state index contributed by atoms with van der Waals surface area (Å²) < 4.78 is 15.6. The number of rotatable bonds is 7. The van der Waals surface area contributed by atoms with Crippen LogP contribution < -0.4 is 9.47 Å². The molecule has 0 unspecified atom stereocenters. The zero-order valence-corrected chi connectivity index (χ0v) is 15.6. The third-order valence-corrected chi connectivity index (χ3v) is 4.01. The first kappa shape index (κ1) is 19.3. The van der Waals surface area contributed by atoms with Gasteiger partial charge < -0.3 is 19.2 Å². The van der Waals surface area contributed by atoms with E-state index in [2.05, 4.69) is 4.98 Å². The van der Waals surface area contributed by atoms with Gasteiger partial charge in [-0.3, -0.25) is 4.79 Å². The Kier molecular flexibility index (Phi) is 6.22. The van der Waals surface area contributed by atoms with E-state index in [1.54, 1.807) is 47.1 Å². The Morgan fingerprint density at radius 1 is 1.15 bits per heavy atom. The maximum absolute atomic E-state index is 12.7. The van der Waals surface area contributed by atoms with Crippen molar-refractivity contribution in [2.75, 3.05) is 20.8 Å². The number of ketones is 1. The van der Waals surface area contributed by atoms with Crippen LogP contribution in [0.2, 0.25) is 0 Å². The molecule has 0 bridgehead atoms. The molecule has 2 rings (SSSR count). The number of methoxy groups -OCH3 is 2. The van der Waals surface area contributed by atoms with Crippen molar-refractivity contribution < 1.29 is 23.8 Å². The standard InChI is InChI=1S/C20H23NO5/c1-6-26-20(23)18-12(2)17(13(3)21-18)15(22)11-10-14-8-7-9-16(24-4)19(14)25-5/h7-11,21H,6H2,1-5H3/b11-10+. The summed E-state index contributed by atoms with van der Waals surface area (Å²) >= 11 is 0. The molecule has 0 atom stereocenters. The summed E-state index contributed by atoms with van der Waals surface area (Å²) in [5.41, 5.74) is 2.69. The van der Waals surface area contributed by atoms with Crippen LogP contribution in [0.1, 0.15) is 44.6 Å². The van der Waals surface area contributed by atoms with Crippen LogP contribution in [0, 0.1) is 13.8 Å². The third kappa shape index (κ3) is 3.79. The predicted molar refractivity (Wildman–Crippen MR) is 99.1 cm³/mol. The number of aryl methyl sites for hydroxylation is 1. The van der Waals surface area contributed by atoms with Crippen molar-refractivity contribution in [2.45, 2.75) is 20.8 Å². The first-order valence-corrected chi connectivity index (χ1v) is 8.24. The van der Waals surface area contributed by atoms with E-state index in [-0.39, 0.29) is 12.4 Å². The van der Waals surface area contributed by atoms with Crippen LogP contribution in [0.4, 0.5) is 0 Å². The molecule has 1 aromatic heterocycles. The van der Waals surface area contributed by atoms with Crippen LogP contribution in [0.15, 0.2) is 24.3 Å². The van der Waals surface area contributed by atoms with Crippen molar-refractivity contribution >= 4 is 17.8 Å². The second-order valence-electron chi connectivity index (χ2n) is 5.63. The second kappa shape index (κ2) is 8.38. The van der Waals surface area contributed by atoms with Gasteiger partial charge in [0.05, 0.1) is 20.8 Å². The van der Waals surface area contributed by atoms with Crippen molar-refractivity contribution in [3.05, 3.63) is 52.4 Å². The Labute approximate surface area is 152 Å². The van der Waals surface area contributed by atoms with Gasteiger partial charge in [0.2, 0.25) is 0 Å². The molecule has 26 heavy (non-hydrogen) atoms. The van der Waals surface area contributed by atoms with Crippen LogP contribution in [0.25, 0.3) is 6.08 Å². The number of carbonyl (C=O) groups is 2. The van der Waals surface area contributed by atoms with E-state index in [9.17, 15) is 9.59 Å². The highest BCUT2D eigenvalue weighted by Crippen LogP contribution is 2.31. The molecule has 6 heteroatoms. The molecule has 2 aromatic rings. The molecule has 0 saturated heterocycles. The lowest BCUT2D eigenvalue weighted by Gasteiger charge is -2.09. The number of aromatic nitrogens is 1. The molecular formula is C20H23NO5. The quantitative estimate of drug-likeness (QED) is 0.464. The monoisotopic (exact) mass is 357 g/mol. The van der Waals surface area contributed by atoms with Gasteiger partial charge in [-0.25, -0.2) is 4.79 Å². The molecule has 0 aliphatic rings. The highest BCUT2D eigenvalue weighted by Gasteiger charge is 2.21. The molecule has 0 amide bonds. The van der Waals surface area contributed by atoms with Crippen molar-refractivity contribution in [2.24, 2.45) is 0 Å². The minimum atomic E-state index is -0.467. The Bertz CT molecular complexity index is 848. The van der Waals surface area contributed by atoms with E-state index in [0.29, 0.717) is 34.0 Å². The van der Waals surface area contributed by atoms with E-state index in [4.69, 9.17) is 14.2 Å². The fraction of sp³-hybridized carbons (Fsp3) is 0.300. The number of allylic oxidation sites excluding steroid dienone is 1. The summed E-state index contributed by atoms with van der Waals surface area (Å²) in [4.78, 5) is 27.6. The summed E-state index contributed by atoms with van der Waals surface area (Å²) in [6.45, 7) is 5.49. The molecule has 0 aliphatic heterocycles. The highest BCUT2D eigenvalue weighted by atomic mass is 16.5. The number of esters is 1. The van der Waals surface area contributed by atoms with Crippen molar-refractivity contribution in [3.63, 3.8) is 0 Å². The average Bonchev–Trinajstić information content (AvgIpc) is 2.93. The lowest BCUT2D eigenvalue weighted by molar-refractivity contribution is 0.0519. The fourth-order valence-corrected chi connectivity index (χ4v) is 2.82. The minimum Gasteiger partial charge on any atom is -0.493 e. The normalized spacial score (nSPS) is 10.8. The smallest absolute Gasteiger partial charge is 0.355 e. The SMILES string of the molecule is CCOC(=O)c1[nH]c(C)c(C(=O)/C=C/c2cccc(OC)c2OC)c1C. The molecule has 0 fully saturated rings. The maximum atomic E-state index is 12.7. The summed E-state index contributed by atoms with van der Waals surface area (Å²) in [6.07, 6.45) is 3.12. The van der Waals surface area contributed by atoms with Gasteiger partial charge in [0.25, 0.3) is 0 Å². The fourth-order valence-electron chi connectivity index (χ4n) is 2.82. The van der Waals surface area contributed by atoms with Gasteiger partial charge in [-0.2, -0.15) is 0 Å². The number of ether oxygens (including phenoxy) is 3. The lowest BCUT2D eigenvalue weighted by Crippen LogP contribution is -2.07. The van der Waals surface area contributed by atoms with Crippen LogP contribution in [-0.2, 0) is 4.74 Å². The zero-order valence-electron chi connectivity index (χ0n) is 15.6. The minimum absolute atomic E-state index is 0.211. The summed E-state index contributed by atoms with van der Waals surface area (Å²) in [7, 11) is 3.10. The Hall–Kier alpha value is -3.02. The van der Waals surface area contributed by atoms with Crippen LogP contribution in [-0.4, -0.2) is 37.6 Å². The topological polar surface area (TPSA) is 77.6 Å². The van der Waals surface area contributed by atoms with Crippen LogP contribution >= 0.6 is 0 Å². The molecule has 6 nitrogen and oxygen atoms in total. The summed E-state index contributed by atoms with van der Waals surface area (Å²) in [5, 5.41) is 0. The van der Waals surface area contributed by atoms with Gasteiger partial charge in [-0.05, 0) is 44.6 Å². The van der Waals surface area contributed by atoms with E-state index < -0.39 is 5.97 Å². The Morgan fingerprint density at radius 2 is 1.88 bits per heavy atom. The number of hydrogen-bond donors (Lipinski definition) is 1. The lowest BCUT2D eigenvalue weighted by atomic mass is 10.0. The molecule has 0 aliphatic carbocycles. The van der Waals surface area contributed by atoms with Crippen LogP contribution in [0.5, 0.6) is 11.5 Å². The van der Waals surface area contributed by atoms with Crippen molar-refractivity contribution in [3.8, 4) is 11.5 Å². The molecule has 0 spiro atoms. The second-order valence-corrected chi connectivity index (χ2v) is 5.63. The molecule has 1 N–H and O–H groups in total. The van der Waals surface area contributed by atoms with E-state index in [1.165, 1.54) is 6.08 Å². The van der Waals surface area contributed by atoms with Gasteiger partial charge in [0, 0.05) is 16.8 Å². The van der Waals surface area contributed by atoms with Crippen molar-refractivity contribution in [1.82, 2.24) is 4.98 Å². The molecule has 0 saturated carbocycles. The molecule has 138 valence electrons. The average molecular weight is 357 g/mol. The number of carbonyl (C=O) groups excluding carboxylic acids is 2. The Balaban J connectivity index is 2.34. The first-order valence-electron chi connectivity index (χ1n) is 8.24. The molecule has 1 aromatic carbocycles. The van der Waals surface area contributed by atoms with E-state index in [0.717, 1.165) is 5.56 Å². The van der Waals surface area contributed by atoms with Gasteiger partial charge >= 0.3 is 5.97 Å². The Morgan fingerprint density at radius 3 is 2.50 bits per heavy atom.